The Hall–Kier alpha value is -1.17. The topological polar surface area (TPSA) is 65.9 Å². The Labute approximate surface area is 97.4 Å². The minimum Gasteiger partial charge on any atom is -0.391 e. The van der Waals surface area contributed by atoms with Gasteiger partial charge in [0.2, 0.25) is 0 Å². The first-order valence-electron chi connectivity index (χ1n) is 4.81. The molecule has 0 bridgehead atoms. The van der Waals surface area contributed by atoms with E-state index in [9.17, 15) is 9.18 Å². The number of aliphatic hydroxyl groups excluding tert-OH is 1. The average molecular weight is 248 g/mol. The molecule has 0 radical (unpaired) electrons. The third kappa shape index (κ3) is 4.14. The highest BCUT2D eigenvalue weighted by Gasteiger charge is 2.06. The SMILES string of the molecule is O=C(C[NH2+]CCO)Nc1ccc(F)c(Cl)c1. The lowest BCUT2D eigenvalue weighted by Gasteiger charge is -2.04. The molecular formula is C10H13ClFN2O2+. The van der Waals surface area contributed by atoms with Crippen LogP contribution in [0.3, 0.4) is 0 Å². The van der Waals surface area contributed by atoms with Crippen molar-refractivity contribution in [1.82, 2.24) is 0 Å². The molecule has 0 saturated heterocycles. The number of quaternary nitrogens is 1. The number of nitrogens with one attached hydrogen (secondary N) is 1. The van der Waals surface area contributed by atoms with E-state index in [0.29, 0.717) is 12.2 Å². The van der Waals surface area contributed by atoms with Crippen molar-refractivity contribution in [1.29, 1.82) is 0 Å². The number of carbonyl (C=O) groups excluding carboxylic acids is 1. The Morgan fingerprint density at radius 3 is 2.94 bits per heavy atom. The molecule has 0 aliphatic carbocycles. The van der Waals surface area contributed by atoms with Crippen molar-refractivity contribution in [2.45, 2.75) is 0 Å². The average Bonchev–Trinajstić information content (AvgIpc) is 2.24. The molecule has 0 aromatic heterocycles. The molecule has 0 unspecified atom stereocenters. The second-order valence-corrected chi connectivity index (χ2v) is 3.59. The molecule has 0 aliphatic rings. The van der Waals surface area contributed by atoms with Crippen LogP contribution in [0.2, 0.25) is 5.02 Å². The van der Waals surface area contributed by atoms with Crippen LogP contribution in [-0.4, -0.2) is 30.7 Å². The number of hydrogen-bond acceptors (Lipinski definition) is 2. The molecule has 0 spiro atoms. The molecule has 0 heterocycles. The Morgan fingerprint density at radius 1 is 1.56 bits per heavy atom. The molecule has 6 heteroatoms. The van der Waals surface area contributed by atoms with Crippen molar-refractivity contribution >= 4 is 23.2 Å². The van der Waals surface area contributed by atoms with Gasteiger partial charge >= 0.3 is 0 Å². The molecule has 4 N–H and O–H groups in total. The fourth-order valence-corrected chi connectivity index (χ4v) is 1.29. The zero-order valence-corrected chi connectivity index (χ0v) is 9.30. The normalized spacial score (nSPS) is 10.2. The van der Waals surface area contributed by atoms with Crippen molar-refractivity contribution in [3.8, 4) is 0 Å². The fraction of sp³-hybridized carbons (Fsp3) is 0.300. The van der Waals surface area contributed by atoms with Crippen LogP contribution in [0.15, 0.2) is 18.2 Å². The van der Waals surface area contributed by atoms with Crippen LogP contribution in [0.4, 0.5) is 10.1 Å². The van der Waals surface area contributed by atoms with Gasteiger partial charge in [-0.2, -0.15) is 0 Å². The third-order valence-electron chi connectivity index (χ3n) is 1.87. The maximum atomic E-state index is 12.8. The number of aliphatic hydroxyl groups is 1. The van der Waals surface area contributed by atoms with Crippen molar-refractivity contribution < 1.29 is 19.6 Å². The smallest absolute Gasteiger partial charge is 0.279 e. The van der Waals surface area contributed by atoms with Gasteiger partial charge in [0.1, 0.15) is 5.82 Å². The summed E-state index contributed by atoms with van der Waals surface area (Å²) in [5.74, 6) is -0.748. The van der Waals surface area contributed by atoms with Gasteiger partial charge < -0.3 is 15.7 Å². The first-order chi connectivity index (χ1) is 7.63. The van der Waals surface area contributed by atoms with Gasteiger partial charge in [0.25, 0.3) is 5.91 Å². The van der Waals surface area contributed by atoms with Gasteiger partial charge in [0, 0.05) is 5.69 Å². The number of anilines is 1. The van der Waals surface area contributed by atoms with E-state index < -0.39 is 5.82 Å². The van der Waals surface area contributed by atoms with E-state index >= 15 is 0 Å². The molecule has 0 atom stereocenters. The van der Waals surface area contributed by atoms with E-state index in [2.05, 4.69) is 5.32 Å². The summed E-state index contributed by atoms with van der Waals surface area (Å²) in [4.78, 5) is 11.3. The molecule has 0 saturated carbocycles. The summed E-state index contributed by atoms with van der Waals surface area (Å²) in [7, 11) is 0. The molecule has 88 valence electrons. The number of halogens is 2. The number of hydrogen-bond donors (Lipinski definition) is 3. The Morgan fingerprint density at radius 2 is 2.31 bits per heavy atom. The maximum absolute atomic E-state index is 12.8. The summed E-state index contributed by atoms with van der Waals surface area (Å²) in [6.07, 6.45) is 0. The van der Waals surface area contributed by atoms with E-state index in [1.165, 1.54) is 18.2 Å². The van der Waals surface area contributed by atoms with Gasteiger partial charge in [-0.25, -0.2) is 4.39 Å². The molecule has 1 aromatic carbocycles. The lowest BCUT2D eigenvalue weighted by atomic mass is 10.3. The zero-order valence-electron chi connectivity index (χ0n) is 8.54. The van der Waals surface area contributed by atoms with Crippen molar-refractivity contribution in [2.75, 3.05) is 25.0 Å². The van der Waals surface area contributed by atoms with Crippen LogP contribution in [0.5, 0.6) is 0 Å². The Kier molecular flexibility index (Phi) is 5.18. The van der Waals surface area contributed by atoms with Crippen LogP contribution >= 0.6 is 11.6 Å². The molecule has 0 fully saturated rings. The summed E-state index contributed by atoms with van der Waals surface area (Å²) in [6, 6.07) is 3.97. The zero-order chi connectivity index (χ0) is 12.0. The van der Waals surface area contributed by atoms with E-state index in [0.717, 1.165) is 0 Å². The number of rotatable bonds is 5. The standard InChI is InChI=1S/C10H12ClFN2O2/c11-8-5-7(1-2-9(8)12)14-10(16)6-13-3-4-15/h1-2,5,13,15H,3-4,6H2,(H,14,16)/p+1. The second-order valence-electron chi connectivity index (χ2n) is 3.18. The Bertz CT molecular complexity index is 374. The molecule has 1 amide bonds. The Balaban J connectivity index is 2.46. The highest BCUT2D eigenvalue weighted by Crippen LogP contribution is 2.18. The van der Waals surface area contributed by atoms with Crippen LogP contribution < -0.4 is 10.6 Å². The van der Waals surface area contributed by atoms with Crippen molar-refractivity contribution in [3.63, 3.8) is 0 Å². The highest BCUT2D eigenvalue weighted by molar-refractivity contribution is 6.31. The predicted octanol–water partition coefficient (Wildman–Crippen LogP) is -0.0267. The first kappa shape index (κ1) is 12.9. The minimum atomic E-state index is -0.522. The minimum absolute atomic E-state index is 0.0235. The quantitative estimate of drug-likeness (QED) is 0.640. The van der Waals surface area contributed by atoms with Crippen LogP contribution in [-0.2, 0) is 4.79 Å². The summed E-state index contributed by atoms with van der Waals surface area (Å²) in [6.45, 7) is 0.697. The third-order valence-corrected chi connectivity index (χ3v) is 2.16. The lowest BCUT2D eigenvalue weighted by Crippen LogP contribution is -2.87. The molecule has 1 aromatic rings. The summed E-state index contributed by atoms with van der Waals surface area (Å²) >= 11 is 5.56. The van der Waals surface area contributed by atoms with Crippen LogP contribution in [0, 0.1) is 5.82 Å². The highest BCUT2D eigenvalue weighted by atomic mass is 35.5. The van der Waals surface area contributed by atoms with Crippen LogP contribution in [0.25, 0.3) is 0 Å². The first-order valence-corrected chi connectivity index (χ1v) is 5.18. The number of carbonyl (C=O) groups is 1. The van der Waals surface area contributed by atoms with Gasteiger partial charge in [-0.05, 0) is 18.2 Å². The van der Waals surface area contributed by atoms with E-state index in [1.807, 2.05) is 0 Å². The molecule has 4 nitrogen and oxygen atoms in total. The van der Waals surface area contributed by atoms with Crippen molar-refractivity contribution in [2.24, 2.45) is 0 Å². The molecule has 16 heavy (non-hydrogen) atoms. The molecule has 0 aliphatic heterocycles. The molecule has 1 rings (SSSR count). The number of benzene rings is 1. The number of amides is 1. The van der Waals surface area contributed by atoms with E-state index in [1.54, 1.807) is 5.32 Å². The fourth-order valence-electron chi connectivity index (χ4n) is 1.11. The summed E-state index contributed by atoms with van der Waals surface area (Å²) < 4.78 is 12.8. The van der Waals surface area contributed by atoms with Crippen LogP contribution in [0.1, 0.15) is 0 Å². The monoisotopic (exact) mass is 247 g/mol. The molecular weight excluding hydrogens is 235 g/mol. The second kappa shape index (κ2) is 6.42. The van der Waals surface area contributed by atoms with Gasteiger partial charge in [0.05, 0.1) is 18.2 Å². The van der Waals surface area contributed by atoms with Gasteiger partial charge in [-0.1, -0.05) is 11.6 Å². The largest absolute Gasteiger partial charge is 0.391 e. The maximum Gasteiger partial charge on any atom is 0.279 e. The van der Waals surface area contributed by atoms with Gasteiger partial charge in [-0.3, -0.25) is 4.79 Å². The van der Waals surface area contributed by atoms with E-state index in [4.69, 9.17) is 16.7 Å². The lowest BCUT2D eigenvalue weighted by molar-refractivity contribution is -0.644. The predicted molar refractivity (Wildman–Crippen MR) is 58.8 cm³/mol. The van der Waals surface area contributed by atoms with Crippen molar-refractivity contribution in [3.05, 3.63) is 29.0 Å². The summed E-state index contributed by atoms with van der Waals surface area (Å²) in [5, 5.41) is 12.7. The van der Waals surface area contributed by atoms with Gasteiger partial charge in [-0.15, -0.1) is 0 Å². The van der Waals surface area contributed by atoms with Gasteiger partial charge in [0.15, 0.2) is 6.54 Å². The summed E-state index contributed by atoms with van der Waals surface area (Å²) in [5.41, 5.74) is 0.453. The number of nitrogens with two attached hydrogens (primary N) is 1. The van der Waals surface area contributed by atoms with E-state index in [-0.39, 0.29) is 24.1 Å².